The number of thioether (sulfide) groups is 1. The highest BCUT2D eigenvalue weighted by atomic mass is 32.2. The Morgan fingerprint density at radius 1 is 1.38 bits per heavy atom. The predicted molar refractivity (Wildman–Crippen MR) is 78.8 cm³/mol. The maximum atomic E-state index is 11.1. The van der Waals surface area contributed by atoms with E-state index in [1.54, 1.807) is 11.8 Å². The predicted octanol–water partition coefficient (Wildman–Crippen LogP) is 1.43. The van der Waals surface area contributed by atoms with Crippen LogP contribution < -0.4 is 10.6 Å². The molecular weight excluding hydrogens is 288 g/mol. The second-order valence-corrected chi connectivity index (χ2v) is 5.94. The molecule has 1 aromatic heterocycles. The van der Waals surface area contributed by atoms with Crippen LogP contribution in [-0.4, -0.2) is 29.1 Å². The maximum Gasteiger partial charge on any atom is 0.245 e. The van der Waals surface area contributed by atoms with E-state index in [1.807, 2.05) is 0 Å². The van der Waals surface area contributed by atoms with Gasteiger partial charge in [0.25, 0.3) is 0 Å². The van der Waals surface area contributed by atoms with Crippen LogP contribution in [0.15, 0.2) is 33.7 Å². The number of hydrogen-bond donors (Lipinski definition) is 2. The molecule has 3 rings (SSSR count). The van der Waals surface area contributed by atoms with E-state index in [2.05, 4.69) is 52.0 Å². The summed E-state index contributed by atoms with van der Waals surface area (Å²) in [7, 11) is 0. The van der Waals surface area contributed by atoms with Crippen LogP contribution in [0.1, 0.15) is 23.3 Å². The molecule has 2 heterocycles. The van der Waals surface area contributed by atoms with Crippen molar-refractivity contribution in [1.29, 1.82) is 0 Å². The minimum Gasteiger partial charge on any atom is -0.353 e. The van der Waals surface area contributed by atoms with E-state index >= 15 is 0 Å². The summed E-state index contributed by atoms with van der Waals surface area (Å²) < 4.78 is 5.26. The molecule has 21 heavy (non-hydrogen) atoms. The van der Waals surface area contributed by atoms with Crippen LogP contribution in [0.5, 0.6) is 0 Å². The van der Waals surface area contributed by atoms with Crippen molar-refractivity contribution in [2.45, 2.75) is 23.6 Å². The number of aryl methyl sites for hydroxylation is 1. The summed E-state index contributed by atoms with van der Waals surface area (Å²) in [4.78, 5) is 16.6. The van der Waals surface area contributed by atoms with E-state index in [1.165, 1.54) is 10.5 Å². The lowest BCUT2D eigenvalue weighted by Gasteiger charge is -2.20. The fraction of sp³-hybridized carbons (Fsp3) is 0.357. The molecule has 0 radical (unpaired) electrons. The Morgan fingerprint density at radius 2 is 2.19 bits per heavy atom. The van der Waals surface area contributed by atoms with E-state index in [4.69, 9.17) is 4.52 Å². The summed E-state index contributed by atoms with van der Waals surface area (Å²) in [5, 5.41) is 9.82. The van der Waals surface area contributed by atoms with E-state index in [0.717, 1.165) is 0 Å². The number of amides is 1. The second-order valence-electron chi connectivity index (χ2n) is 4.89. The number of piperazine rings is 1. The third kappa shape index (κ3) is 3.62. The van der Waals surface area contributed by atoms with Crippen LogP contribution in [-0.2, 0) is 10.5 Å². The van der Waals surface area contributed by atoms with Crippen LogP contribution >= 0.6 is 11.8 Å². The molecule has 1 aromatic carbocycles. The molecule has 110 valence electrons. The number of aromatic nitrogens is 2. The van der Waals surface area contributed by atoms with Crippen molar-refractivity contribution < 1.29 is 9.32 Å². The van der Waals surface area contributed by atoms with E-state index in [0.29, 0.717) is 24.0 Å². The van der Waals surface area contributed by atoms with Gasteiger partial charge in [0.15, 0.2) is 5.82 Å². The molecule has 1 amide bonds. The summed E-state index contributed by atoms with van der Waals surface area (Å²) >= 11 is 1.67. The average molecular weight is 304 g/mol. The van der Waals surface area contributed by atoms with Crippen molar-refractivity contribution in [3.63, 3.8) is 0 Å². The van der Waals surface area contributed by atoms with E-state index in [9.17, 15) is 4.79 Å². The molecular formula is C14H16N4O2S. The first kappa shape index (κ1) is 14.1. The summed E-state index contributed by atoms with van der Waals surface area (Å²) in [5.74, 6) is 1.83. The minimum atomic E-state index is -0.103. The van der Waals surface area contributed by atoms with Crippen LogP contribution in [0.4, 0.5) is 0 Å². The van der Waals surface area contributed by atoms with Gasteiger partial charge in [-0.2, -0.15) is 4.98 Å². The summed E-state index contributed by atoms with van der Waals surface area (Å²) in [6, 6.07) is 8.23. The second kappa shape index (κ2) is 6.28. The number of nitrogens with one attached hydrogen (secondary N) is 2. The van der Waals surface area contributed by atoms with Crippen molar-refractivity contribution in [2.75, 3.05) is 13.1 Å². The Kier molecular flexibility index (Phi) is 4.21. The number of rotatable bonds is 4. The zero-order valence-corrected chi connectivity index (χ0v) is 12.4. The Hall–Kier alpha value is -1.86. The molecule has 1 aliphatic rings. The van der Waals surface area contributed by atoms with Gasteiger partial charge in [-0.15, -0.1) is 11.8 Å². The van der Waals surface area contributed by atoms with Gasteiger partial charge in [-0.05, 0) is 19.1 Å². The lowest BCUT2D eigenvalue weighted by Crippen LogP contribution is -2.47. The molecule has 2 N–H and O–H groups in total. The Morgan fingerprint density at radius 3 is 2.90 bits per heavy atom. The molecule has 6 nitrogen and oxygen atoms in total. The summed E-state index contributed by atoms with van der Waals surface area (Å²) in [5.41, 5.74) is 1.24. The number of benzene rings is 1. The Bertz CT molecular complexity index is 616. The van der Waals surface area contributed by atoms with Crippen LogP contribution in [0.2, 0.25) is 0 Å². The van der Waals surface area contributed by atoms with Gasteiger partial charge in [-0.3, -0.25) is 10.1 Å². The lowest BCUT2D eigenvalue weighted by molar-refractivity contribution is -0.121. The molecule has 1 unspecified atom stereocenters. The zero-order valence-electron chi connectivity index (χ0n) is 11.6. The normalized spacial score (nSPS) is 18.5. The lowest BCUT2D eigenvalue weighted by atomic mass is 10.2. The monoisotopic (exact) mass is 304 g/mol. The standard InChI is InChI=1S/C14H16N4O2S/c1-9-2-4-10(5-3-9)21-8-12-17-14(20-18-12)11-6-16-13(19)7-15-11/h2-5,11,15H,6-8H2,1H3,(H,16,19). The SMILES string of the molecule is Cc1ccc(SCc2noc(C3CNC(=O)CN3)n2)cc1. The van der Waals surface area contributed by atoms with E-state index < -0.39 is 0 Å². The highest BCUT2D eigenvalue weighted by molar-refractivity contribution is 7.98. The van der Waals surface area contributed by atoms with Crippen LogP contribution in [0, 0.1) is 6.92 Å². The number of carbonyl (C=O) groups is 1. The number of hydrogen-bond acceptors (Lipinski definition) is 6. The summed E-state index contributed by atoms with van der Waals surface area (Å²) in [6.45, 7) is 2.82. The first-order valence-electron chi connectivity index (χ1n) is 6.73. The fourth-order valence-corrected chi connectivity index (χ4v) is 2.73. The first-order chi connectivity index (χ1) is 10.2. The van der Waals surface area contributed by atoms with Crippen molar-refractivity contribution >= 4 is 17.7 Å². The molecule has 0 saturated carbocycles. The smallest absolute Gasteiger partial charge is 0.245 e. The van der Waals surface area contributed by atoms with Crippen molar-refractivity contribution in [3.05, 3.63) is 41.5 Å². The van der Waals surface area contributed by atoms with Gasteiger partial charge >= 0.3 is 0 Å². The largest absolute Gasteiger partial charge is 0.353 e. The highest BCUT2D eigenvalue weighted by Crippen LogP contribution is 2.22. The molecule has 1 saturated heterocycles. The van der Waals surface area contributed by atoms with Crippen molar-refractivity contribution in [2.24, 2.45) is 0 Å². The van der Waals surface area contributed by atoms with Gasteiger partial charge in [-0.1, -0.05) is 22.9 Å². The molecule has 2 aromatic rings. The molecule has 0 spiro atoms. The number of nitrogens with zero attached hydrogens (tertiary/aromatic N) is 2. The first-order valence-corrected chi connectivity index (χ1v) is 7.71. The average Bonchev–Trinajstić information content (AvgIpc) is 2.96. The molecule has 1 aliphatic heterocycles. The Labute approximate surface area is 126 Å². The minimum absolute atomic E-state index is 0.0130. The van der Waals surface area contributed by atoms with Crippen LogP contribution in [0.25, 0.3) is 0 Å². The highest BCUT2D eigenvalue weighted by Gasteiger charge is 2.23. The zero-order chi connectivity index (χ0) is 14.7. The summed E-state index contributed by atoms with van der Waals surface area (Å²) in [6.07, 6.45) is 0. The van der Waals surface area contributed by atoms with Gasteiger partial charge in [0.1, 0.15) is 6.04 Å². The number of carbonyl (C=O) groups excluding carboxylic acids is 1. The molecule has 0 bridgehead atoms. The van der Waals surface area contributed by atoms with Gasteiger partial charge in [0, 0.05) is 11.4 Å². The van der Waals surface area contributed by atoms with Gasteiger partial charge in [0.2, 0.25) is 11.8 Å². The Balaban J connectivity index is 1.57. The molecule has 1 atom stereocenters. The van der Waals surface area contributed by atoms with Gasteiger partial charge < -0.3 is 9.84 Å². The molecule has 1 fully saturated rings. The topological polar surface area (TPSA) is 80.0 Å². The fourth-order valence-electron chi connectivity index (χ4n) is 1.99. The van der Waals surface area contributed by atoms with E-state index in [-0.39, 0.29) is 18.5 Å². The van der Waals surface area contributed by atoms with Gasteiger partial charge in [0.05, 0.1) is 12.3 Å². The van der Waals surface area contributed by atoms with Crippen molar-refractivity contribution in [3.8, 4) is 0 Å². The van der Waals surface area contributed by atoms with Crippen LogP contribution in [0.3, 0.4) is 0 Å². The third-order valence-corrected chi connectivity index (χ3v) is 4.19. The van der Waals surface area contributed by atoms with Crippen molar-refractivity contribution in [1.82, 2.24) is 20.8 Å². The quantitative estimate of drug-likeness (QED) is 0.832. The maximum absolute atomic E-state index is 11.1. The van der Waals surface area contributed by atoms with Gasteiger partial charge in [-0.25, -0.2) is 0 Å². The molecule has 0 aliphatic carbocycles. The molecule has 7 heteroatoms. The third-order valence-electron chi connectivity index (χ3n) is 3.18.